The van der Waals surface area contributed by atoms with Crippen molar-refractivity contribution in [3.8, 4) is 0 Å². The van der Waals surface area contributed by atoms with Gasteiger partial charge in [-0.2, -0.15) is 13.2 Å². The molecular weight excluding hydrogens is 325 g/mol. The molecule has 0 fully saturated rings. The Bertz CT molecular complexity index is 653. The van der Waals surface area contributed by atoms with Gasteiger partial charge in [0.2, 0.25) is 0 Å². The second-order valence-electron chi connectivity index (χ2n) is 6.38. The Labute approximate surface area is 147 Å². The summed E-state index contributed by atoms with van der Waals surface area (Å²) in [5.41, 5.74) is 7.13. The highest BCUT2D eigenvalue weighted by atomic mass is 19.4. The van der Waals surface area contributed by atoms with Crippen molar-refractivity contribution >= 4 is 0 Å². The van der Waals surface area contributed by atoms with Crippen LogP contribution in [0.15, 0.2) is 54.6 Å². The summed E-state index contributed by atoms with van der Waals surface area (Å²) in [6, 6.07) is 14.7. The van der Waals surface area contributed by atoms with Crippen molar-refractivity contribution in [1.82, 2.24) is 5.32 Å². The summed E-state index contributed by atoms with van der Waals surface area (Å²) < 4.78 is 39.1. The van der Waals surface area contributed by atoms with Gasteiger partial charge in [-0.05, 0) is 36.6 Å². The van der Waals surface area contributed by atoms with E-state index in [4.69, 9.17) is 5.73 Å². The van der Waals surface area contributed by atoms with Crippen LogP contribution in [0.25, 0.3) is 0 Å². The third kappa shape index (κ3) is 5.31. The average molecular weight is 350 g/mol. The molecule has 0 amide bonds. The number of halogens is 3. The first-order valence-corrected chi connectivity index (χ1v) is 8.56. The predicted molar refractivity (Wildman–Crippen MR) is 95.1 cm³/mol. The third-order valence-electron chi connectivity index (χ3n) is 4.26. The molecule has 136 valence electrons. The number of alkyl halides is 3. The summed E-state index contributed by atoms with van der Waals surface area (Å²) in [6.07, 6.45) is -2.52. The quantitative estimate of drug-likeness (QED) is 0.718. The Balaban J connectivity index is 2.31. The average Bonchev–Trinajstić information content (AvgIpc) is 2.58. The van der Waals surface area contributed by atoms with Crippen LogP contribution in [-0.2, 0) is 6.18 Å². The molecule has 2 unspecified atom stereocenters. The summed E-state index contributed by atoms with van der Waals surface area (Å²) in [7, 11) is 0. The molecule has 0 spiro atoms. The van der Waals surface area contributed by atoms with Gasteiger partial charge in [0.1, 0.15) is 0 Å². The van der Waals surface area contributed by atoms with Crippen molar-refractivity contribution in [2.75, 3.05) is 0 Å². The van der Waals surface area contributed by atoms with Gasteiger partial charge >= 0.3 is 6.18 Å². The topological polar surface area (TPSA) is 38.0 Å². The molecule has 0 saturated carbocycles. The van der Waals surface area contributed by atoms with Gasteiger partial charge in [0.15, 0.2) is 0 Å². The van der Waals surface area contributed by atoms with Crippen LogP contribution in [0, 0.1) is 0 Å². The van der Waals surface area contributed by atoms with E-state index in [1.165, 1.54) is 12.1 Å². The lowest BCUT2D eigenvalue weighted by molar-refractivity contribution is -0.137. The maximum atomic E-state index is 13.0. The molecule has 2 nitrogen and oxygen atoms in total. The van der Waals surface area contributed by atoms with E-state index in [0.29, 0.717) is 5.56 Å². The van der Waals surface area contributed by atoms with Crippen LogP contribution in [0.4, 0.5) is 13.2 Å². The van der Waals surface area contributed by atoms with Crippen molar-refractivity contribution in [1.29, 1.82) is 0 Å². The third-order valence-corrected chi connectivity index (χ3v) is 4.26. The molecule has 2 aromatic rings. The van der Waals surface area contributed by atoms with E-state index in [-0.39, 0.29) is 18.1 Å². The summed E-state index contributed by atoms with van der Waals surface area (Å²) in [6.45, 7) is 3.90. The van der Waals surface area contributed by atoms with Gasteiger partial charge in [0.25, 0.3) is 0 Å². The smallest absolute Gasteiger partial charge is 0.326 e. The highest BCUT2D eigenvalue weighted by molar-refractivity contribution is 5.29. The molecule has 0 saturated heterocycles. The Morgan fingerprint density at radius 2 is 1.64 bits per heavy atom. The standard InChI is InChI=1S/C20H25F3N2/c1-3-8-18(15-9-5-4-6-10-15)25-19(14(2)24)16-11-7-12-17(13-16)20(21,22)23/h4-7,9-14,18-19,25H,3,8,24H2,1-2H3/t14?,18?,19-/m0/s1. The van der Waals surface area contributed by atoms with E-state index >= 15 is 0 Å². The Morgan fingerprint density at radius 3 is 2.20 bits per heavy atom. The molecule has 0 aliphatic rings. The number of hydrogen-bond donors (Lipinski definition) is 2. The van der Waals surface area contributed by atoms with Crippen molar-refractivity contribution in [2.24, 2.45) is 5.73 Å². The molecule has 0 radical (unpaired) electrons. The zero-order chi connectivity index (χ0) is 18.4. The van der Waals surface area contributed by atoms with E-state index in [2.05, 4.69) is 12.2 Å². The van der Waals surface area contributed by atoms with E-state index in [1.54, 1.807) is 6.07 Å². The highest BCUT2D eigenvalue weighted by Gasteiger charge is 2.31. The maximum Gasteiger partial charge on any atom is 0.416 e. The molecule has 2 rings (SSSR count). The van der Waals surface area contributed by atoms with Crippen LogP contribution in [-0.4, -0.2) is 6.04 Å². The second-order valence-corrected chi connectivity index (χ2v) is 6.38. The number of nitrogens with one attached hydrogen (secondary N) is 1. The van der Waals surface area contributed by atoms with E-state index in [9.17, 15) is 13.2 Å². The van der Waals surface area contributed by atoms with Crippen LogP contribution in [0.5, 0.6) is 0 Å². The number of benzene rings is 2. The van der Waals surface area contributed by atoms with Crippen molar-refractivity contribution in [2.45, 2.75) is 51.0 Å². The first-order valence-electron chi connectivity index (χ1n) is 8.56. The maximum absolute atomic E-state index is 13.0. The molecule has 25 heavy (non-hydrogen) atoms. The minimum Gasteiger partial charge on any atom is -0.326 e. The zero-order valence-corrected chi connectivity index (χ0v) is 14.6. The fraction of sp³-hybridized carbons (Fsp3) is 0.400. The molecule has 0 bridgehead atoms. The first-order chi connectivity index (χ1) is 11.8. The Kier molecular flexibility index (Phi) is 6.62. The molecule has 0 aliphatic heterocycles. The number of nitrogens with two attached hydrogens (primary N) is 1. The molecular formula is C20H25F3N2. The molecule has 0 aromatic heterocycles. The van der Waals surface area contributed by atoms with Crippen molar-refractivity contribution in [3.05, 3.63) is 71.3 Å². The molecule has 2 aromatic carbocycles. The lowest BCUT2D eigenvalue weighted by Crippen LogP contribution is -2.38. The van der Waals surface area contributed by atoms with E-state index in [1.807, 2.05) is 37.3 Å². The van der Waals surface area contributed by atoms with Gasteiger partial charge in [-0.3, -0.25) is 0 Å². The van der Waals surface area contributed by atoms with Gasteiger partial charge in [-0.15, -0.1) is 0 Å². The zero-order valence-electron chi connectivity index (χ0n) is 14.6. The predicted octanol–water partition coefficient (Wildman–Crippen LogP) is 5.22. The van der Waals surface area contributed by atoms with Crippen LogP contribution < -0.4 is 11.1 Å². The summed E-state index contributed by atoms with van der Waals surface area (Å²) in [4.78, 5) is 0. The van der Waals surface area contributed by atoms with Gasteiger partial charge in [-0.25, -0.2) is 0 Å². The van der Waals surface area contributed by atoms with Crippen LogP contribution in [0.2, 0.25) is 0 Å². The van der Waals surface area contributed by atoms with Crippen LogP contribution in [0.1, 0.15) is 55.5 Å². The van der Waals surface area contributed by atoms with Crippen molar-refractivity contribution in [3.63, 3.8) is 0 Å². The number of hydrogen-bond acceptors (Lipinski definition) is 2. The Hall–Kier alpha value is -1.85. The van der Waals surface area contributed by atoms with Crippen molar-refractivity contribution < 1.29 is 13.2 Å². The van der Waals surface area contributed by atoms with E-state index in [0.717, 1.165) is 24.5 Å². The fourth-order valence-corrected chi connectivity index (χ4v) is 3.00. The molecule has 5 heteroatoms. The monoisotopic (exact) mass is 350 g/mol. The minimum absolute atomic E-state index is 0.0387. The van der Waals surface area contributed by atoms with Gasteiger partial charge in [0, 0.05) is 18.1 Å². The second kappa shape index (κ2) is 8.50. The highest BCUT2D eigenvalue weighted by Crippen LogP contribution is 2.32. The summed E-state index contributed by atoms with van der Waals surface area (Å²) >= 11 is 0. The van der Waals surface area contributed by atoms with E-state index < -0.39 is 11.7 Å². The SMILES string of the molecule is CCCC(N[C@H](c1cccc(C(F)(F)F)c1)C(C)N)c1ccccc1. The minimum atomic E-state index is -4.36. The first kappa shape index (κ1) is 19.5. The normalized spacial score (nSPS) is 15.6. The van der Waals surface area contributed by atoms with Gasteiger partial charge < -0.3 is 11.1 Å². The fourth-order valence-electron chi connectivity index (χ4n) is 3.00. The van der Waals surface area contributed by atoms with Crippen LogP contribution in [0.3, 0.4) is 0 Å². The molecule has 0 heterocycles. The van der Waals surface area contributed by atoms with Gasteiger partial charge in [-0.1, -0.05) is 55.8 Å². The lowest BCUT2D eigenvalue weighted by Gasteiger charge is -2.29. The summed E-state index contributed by atoms with van der Waals surface area (Å²) in [5.74, 6) is 0. The Morgan fingerprint density at radius 1 is 1.00 bits per heavy atom. The molecule has 0 aliphatic carbocycles. The molecule has 3 N–H and O–H groups in total. The lowest BCUT2D eigenvalue weighted by atomic mass is 9.95. The van der Waals surface area contributed by atoms with Crippen LogP contribution >= 0.6 is 0 Å². The summed E-state index contributed by atoms with van der Waals surface area (Å²) in [5, 5.41) is 3.47. The number of rotatable bonds is 7. The largest absolute Gasteiger partial charge is 0.416 e. The van der Waals surface area contributed by atoms with Gasteiger partial charge in [0.05, 0.1) is 5.56 Å². The molecule has 3 atom stereocenters.